The minimum absolute atomic E-state index is 0.0430. The van der Waals surface area contributed by atoms with E-state index in [-0.39, 0.29) is 6.61 Å². The molecule has 0 amide bonds. The zero-order valence-electron chi connectivity index (χ0n) is 19.5. The summed E-state index contributed by atoms with van der Waals surface area (Å²) in [5, 5.41) is 8.54. The second kappa shape index (κ2) is 28.7. The maximum Gasteiger partial charge on any atom is 0.0701 e. The number of hydrogen-bond donors (Lipinski definition) is 1. The van der Waals surface area contributed by atoms with Gasteiger partial charge in [-0.2, -0.15) is 0 Å². The van der Waals surface area contributed by atoms with E-state index in [1.807, 2.05) is 0 Å². The molecule has 0 rings (SSSR count). The van der Waals surface area contributed by atoms with E-state index in [0.29, 0.717) is 72.7 Å². The van der Waals surface area contributed by atoms with Gasteiger partial charge in [-0.05, 0) is 6.42 Å². The van der Waals surface area contributed by atoms with Gasteiger partial charge in [-0.3, -0.25) is 0 Å². The molecule has 182 valence electrons. The third-order valence-electron chi connectivity index (χ3n) is 4.49. The van der Waals surface area contributed by atoms with Crippen LogP contribution < -0.4 is 0 Å². The van der Waals surface area contributed by atoms with Crippen molar-refractivity contribution in [2.45, 2.75) is 64.7 Å². The Hall–Kier alpha value is -0.280. The average molecular weight is 437 g/mol. The van der Waals surface area contributed by atoms with Crippen LogP contribution in [0.25, 0.3) is 0 Å². The van der Waals surface area contributed by atoms with E-state index >= 15 is 0 Å². The van der Waals surface area contributed by atoms with Crippen molar-refractivity contribution in [3.05, 3.63) is 0 Å². The lowest BCUT2D eigenvalue weighted by atomic mass is 10.1. The first kappa shape index (κ1) is 29.7. The Bertz CT molecular complexity index is 265. The lowest BCUT2D eigenvalue weighted by molar-refractivity contribution is -0.0182. The molecule has 0 fully saturated rings. The van der Waals surface area contributed by atoms with Gasteiger partial charge >= 0.3 is 0 Å². The first-order chi connectivity index (χ1) is 14.9. The number of rotatable bonds is 27. The smallest absolute Gasteiger partial charge is 0.0701 e. The molecule has 0 atom stereocenters. The van der Waals surface area contributed by atoms with Gasteiger partial charge < -0.3 is 33.5 Å². The topological polar surface area (TPSA) is 75.6 Å². The van der Waals surface area contributed by atoms with E-state index in [9.17, 15) is 0 Å². The van der Waals surface area contributed by atoms with E-state index in [1.165, 1.54) is 51.4 Å². The summed E-state index contributed by atoms with van der Waals surface area (Å²) < 4.78 is 32.3. The van der Waals surface area contributed by atoms with Crippen molar-refractivity contribution >= 4 is 0 Å². The maximum atomic E-state index is 8.54. The highest BCUT2D eigenvalue weighted by atomic mass is 16.6. The summed E-state index contributed by atoms with van der Waals surface area (Å²) in [5.41, 5.74) is 0. The lowest BCUT2D eigenvalue weighted by Crippen LogP contribution is -2.14. The summed E-state index contributed by atoms with van der Waals surface area (Å²) in [6.45, 7) is 9.11. The molecule has 0 spiro atoms. The second-order valence-electron chi connectivity index (χ2n) is 7.23. The Morgan fingerprint density at radius 1 is 0.367 bits per heavy atom. The van der Waals surface area contributed by atoms with Gasteiger partial charge in [0.05, 0.1) is 79.3 Å². The van der Waals surface area contributed by atoms with Gasteiger partial charge in [0.2, 0.25) is 0 Å². The van der Waals surface area contributed by atoms with Crippen LogP contribution in [0.3, 0.4) is 0 Å². The molecule has 0 aromatic heterocycles. The molecule has 7 heteroatoms. The van der Waals surface area contributed by atoms with E-state index in [0.717, 1.165) is 13.0 Å². The minimum Gasteiger partial charge on any atom is -0.394 e. The second-order valence-corrected chi connectivity index (χ2v) is 7.23. The molecular formula is C23H48O7. The minimum atomic E-state index is 0.0430. The summed E-state index contributed by atoms with van der Waals surface area (Å²) >= 11 is 0. The third kappa shape index (κ3) is 27.7. The standard InChI is InChI=1S/C23H48O7/c1-2-3-4-5-6-7-8-9-10-12-25-14-16-27-18-20-29-22-23-30-21-19-28-17-15-26-13-11-24/h24H,2-23H2,1H3. The Morgan fingerprint density at radius 2 is 0.667 bits per heavy atom. The zero-order chi connectivity index (χ0) is 21.8. The average Bonchev–Trinajstić information content (AvgIpc) is 2.76. The van der Waals surface area contributed by atoms with E-state index in [4.69, 9.17) is 33.5 Å². The first-order valence-corrected chi connectivity index (χ1v) is 12.0. The van der Waals surface area contributed by atoms with Gasteiger partial charge in [-0.25, -0.2) is 0 Å². The fourth-order valence-corrected chi connectivity index (χ4v) is 2.78. The quantitative estimate of drug-likeness (QED) is 0.197. The van der Waals surface area contributed by atoms with Crippen molar-refractivity contribution in [3.8, 4) is 0 Å². The maximum absolute atomic E-state index is 8.54. The highest BCUT2D eigenvalue weighted by Crippen LogP contribution is 2.09. The summed E-state index contributed by atoms with van der Waals surface area (Å²) in [5.74, 6) is 0. The number of hydrogen-bond acceptors (Lipinski definition) is 7. The summed E-state index contributed by atoms with van der Waals surface area (Å²) in [6.07, 6.45) is 12.0. The molecule has 0 aliphatic heterocycles. The fraction of sp³-hybridized carbons (Fsp3) is 1.00. The predicted molar refractivity (Wildman–Crippen MR) is 119 cm³/mol. The molecule has 0 heterocycles. The van der Waals surface area contributed by atoms with Gasteiger partial charge in [0.1, 0.15) is 0 Å². The molecule has 0 aliphatic carbocycles. The van der Waals surface area contributed by atoms with E-state index < -0.39 is 0 Å². The molecule has 0 saturated heterocycles. The van der Waals surface area contributed by atoms with Crippen LogP contribution in [-0.4, -0.2) is 91.0 Å². The summed E-state index contributed by atoms with van der Waals surface area (Å²) in [4.78, 5) is 0. The number of ether oxygens (including phenoxy) is 6. The molecule has 30 heavy (non-hydrogen) atoms. The molecule has 1 N–H and O–H groups in total. The molecule has 0 aromatic rings. The highest BCUT2D eigenvalue weighted by molar-refractivity contribution is 4.46. The summed E-state index contributed by atoms with van der Waals surface area (Å²) in [7, 11) is 0. The van der Waals surface area contributed by atoms with Crippen molar-refractivity contribution in [2.24, 2.45) is 0 Å². The Morgan fingerprint density at radius 3 is 1.03 bits per heavy atom. The van der Waals surface area contributed by atoms with Crippen LogP contribution in [-0.2, 0) is 28.4 Å². The Kier molecular flexibility index (Phi) is 28.5. The molecule has 7 nitrogen and oxygen atoms in total. The van der Waals surface area contributed by atoms with Gasteiger partial charge in [-0.15, -0.1) is 0 Å². The molecule has 0 aliphatic rings. The highest BCUT2D eigenvalue weighted by Gasteiger charge is 1.95. The van der Waals surface area contributed by atoms with E-state index in [2.05, 4.69) is 6.92 Å². The zero-order valence-corrected chi connectivity index (χ0v) is 19.5. The summed E-state index contributed by atoms with van der Waals surface area (Å²) in [6, 6.07) is 0. The van der Waals surface area contributed by atoms with E-state index in [1.54, 1.807) is 0 Å². The molecular weight excluding hydrogens is 388 g/mol. The van der Waals surface area contributed by atoms with Crippen LogP contribution in [0, 0.1) is 0 Å². The lowest BCUT2D eigenvalue weighted by Gasteiger charge is -2.08. The van der Waals surface area contributed by atoms with Crippen LogP contribution >= 0.6 is 0 Å². The third-order valence-corrected chi connectivity index (χ3v) is 4.49. The van der Waals surface area contributed by atoms with Crippen molar-refractivity contribution in [3.63, 3.8) is 0 Å². The van der Waals surface area contributed by atoms with Gasteiger partial charge in [-0.1, -0.05) is 58.3 Å². The molecule has 0 saturated carbocycles. The SMILES string of the molecule is CCCCCCCCCCCOCCOCCOCCOCCOCCOCCO. The Balaban J connectivity index is 2.97. The molecule has 0 radical (unpaired) electrons. The van der Waals surface area contributed by atoms with Gasteiger partial charge in [0.25, 0.3) is 0 Å². The van der Waals surface area contributed by atoms with Crippen LogP contribution in [0.15, 0.2) is 0 Å². The van der Waals surface area contributed by atoms with Crippen molar-refractivity contribution < 1.29 is 33.5 Å². The van der Waals surface area contributed by atoms with Crippen LogP contribution in [0.4, 0.5) is 0 Å². The molecule has 0 unspecified atom stereocenters. The molecule has 0 bridgehead atoms. The largest absolute Gasteiger partial charge is 0.394 e. The first-order valence-electron chi connectivity index (χ1n) is 12.0. The van der Waals surface area contributed by atoms with Crippen molar-refractivity contribution in [2.75, 3.05) is 85.9 Å². The monoisotopic (exact) mass is 436 g/mol. The van der Waals surface area contributed by atoms with Crippen LogP contribution in [0.5, 0.6) is 0 Å². The van der Waals surface area contributed by atoms with Gasteiger partial charge in [0, 0.05) is 6.61 Å². The number of aliphatic hydroxyl groups is 1. The van der Waals surface area contributed by atoms with Crippen LogP contribution in [0.2, 0.25) is 0 Å². The molecule has 0 aromatic carbocycles. The van der Waals surface area contributed by atoms with Crippen molar-refractivity contribution in [1.29, 1.82) is 0 Å². The normalized spacial score (nSPS) is 11.4. The predicted octanol–water partition coefficient (Wildman–Crippen LogP) is 3.61. The van der Waals surface area contributed by atoms with Crippen molar-refractivity contribution in [1.82, 2.24) is 0 Å². The number of unbranched alkanes of at least 4 members (excludes halogenated alkanes) is 8. The fourth-order valence-electron chi connectivity index (χ4n) is 2.78. The van der Waals surface area contributed by atoms with Gasteiger partial charge in [0.15, 0.2) is 0 Å². The Labute approximate surface area is 184 Å². The van der Waals surface area contributed by atoms with Crippen LogP contribution in [0.1, 0.15) is 64.7 Å². The number of aliphatic hydroxyl groups excluding tert-OH is 1.